The maximum Gasteiger partial charge on any atom is 0.307 e. The average molecular weight is 877 g/mol. The third kappa shape index (κ3) is 33.7. The first kappa shape index (κ1) is 57.2. The lowest BCUT2D eigenvalue weighted by atomic mass is 10.0. The smallest absolute Gasteiger partial charge is 0.307 e. The number of hydrogen-bond donors (Lipinski definition) is 2. The Bertz CT molecular complexity index is 1110. The van der Waals surface area contributed by atoms with Gasteiger partial charge in [-0.25, -0.2) is 0 Å². The average Bonchev–Trinajstić information content (AvgIpc) is 3.24. The third-order valence-electron chi connectivity index (χ3n) is 12.0. The summed E-state index contributed by atoms with van der Waals surface area (Å²) in [6.45, 7) is 12.1. The highest BCUT2D eigenvalue weighted by atomic mass is 16.5. The number of ketones is 2. The maximum absolute atomic E-state index is 13.0. The van der Waals surface area contributed by atoms with Crippen LogP contribution in [0, 0.1) is 0 Å². The Morgan fingerprint density at radius 2 is 0.726 bits per heavy atom. The lowest BCUT2D eigenvalue weighted by Gasteiger charge is -2.30. The molecular formula is C50H92N4O8. The standard InChI is InChI=1S/C50H92N4O8/c1-5-7-9-11-13-15-17-19-21-27-41-61-47(57)33-39-53(37-31-43(3)55)35-25-23-29-45-49(59)52-46(50(60)51-45)30-24-26-36-54(38-32-44(4)56)40-34-48(58)62-42-28-22-20-18-16-14-12-10-8-6-2/h45-46H,5-42H2,1-4H3,(H,51,60)(H,52,59). The molecule has 1 saturated heterocycles. The van der Waals surface area contributed by atoms with Crippen LogP contribution in [0.15, 0.2) is 0 Å². The molecule has 1 aliphatic rings. The van der Waals surface area contributed by atoms with Gasteiger partial charge in [-0.2, -0.15) is 0 Å². The molecule has 360 valence electrons. The van der Waals surface area contributed by atoms with Gasteiger partial charge in [0.05, 0.1) is 26.1 Å². The highest BCUT2D eigenvalue weighted by Crippen LogP contribution is 2.14. The van der Waals surface area contributed by atoms with Crippen molar-refractivity contribution >= 4 is 35.3 Å². The SMILES string of the molecule is CCCCCCCCCCCCOC(=O)CCN(CCCCC1NC(=O)C(CCCCN(CCC(C)=O)CCC(=O)OCCCCCCCCCCCC)NC1=O)CCC(C)=O. The Morgan fingerprint density at radius 1 is 0.419 bits per heavy atom. The number of carbonyl (C=O) groups excluding carboxylic acids is 6. The predicted octanol–water partition coefficient (Wildman–Crippen LogP) is 9.58. The molecule has 0 bridgehead atoms. The first-order chi connectivity index (χ1) is 30.0. The summed E-state index contributed by atoms with van der Waals surface area (Å²) in [4.78, 5) is 78.5. The molecule has 12 heteroatoms. The number of hydrogen-bond acceptors (Lipinski definition) is 10. The predicted molar refractivity (Wildman–Crippen MR) is 250 cm³/mol. The number of Topliss-reactive ketones (excluding diaryl/α,β-unsaturated/α-hetero) is 2. The van der Waals surface area contributed by atoms with Gasteiger partial charge >= 0.3 is 11.9 Å². The molecule has 2 atom stereocenters. The van der Waals surface area contributed by atoms with Gasteiger partial charge in [0.15, 0.2) is 0 Å². The molecule has 0 saturated carbocycles. The van der Waals surface area contributed by atoms with E-state index in [2.05, 4.69) is 34.3 Å². The summed E-state index contributed by atoms with van der Waals surface area (Å²) in [6.07, 6.45) is 30.0. The summed E-state index contributed by atoms with van der Waals surface area (Å²) in [7, 11) is 0. The van der Waals surface area contributed by atoms with Gasteiger partial charge in [-0.05, 0) is 78.3 Å². The van der Waals surface area contributed by atoms with Crippen molar-refractivity contribution in [1.29, 1.82) is 0 Å². The first-order valence-electron chi connectivity index (χ1n) is 25.4. The number of unbranched alkanes of at least 4 members (excludes halogenated alkanes) is 20. The Kier molecular flexibility index (Phi) is 36.6. The van der Waals surface area contributed by atoms with E-state index in [4.69, 9.17) is 9.47 Å². The number of ether oxygens (including phenoxy) is 2. The molecule has 0 aromatic heterocycles. The lowest BCUT2D eigenvalue weighted by Crippen LogP contribution is -2.61. The van der Waals surface area contributed by atoms with Crippen molar-refractivity contribution in [3.8, 4) is 0 Å². The fourth-order valence-electron chi connectivity index (χ4n) is 7.95. The number of esters is 2. The molecule has 1 aliphatic heterocycles. The van der Waals surface area contributed by atoms with Gasteiger partial charge in [-0.15, -0.1) is 0 Å². The monoisotopic (exact) mass is 877 g/mol. The zero-order valence-corrected chi connectivity index (χ0v) is 40.2. The lowest BCUT2D eigenvalue weighted by molar-refractivity contribution is -0.145. The molecule has 0 aromatic rings. The summed E-state index contributed by atoms with van der Waals surface area (Å²) < 4.78 is 11.0. The van der Waals surface area contributed by atoms with Gasteiger partial charge in [-0.3, -0.25) is 28.8 Å². The molecule has 2 N–H and O–H groups in total. The van der Waals surface area contributed by atoms with E-state index in [1.807, 2.05) is 0 Å². The molecule has 62 heavy (non-hydrogen) atoms. The van der Waals surface area contributed by atoms with Crippen molar-refractivity contribution in [2.75, 3.05) is 52.5 Å². The normalized spacial score (nSPS) is 15.2. The van der Waals surface area contributed by atoms with E-state index in [9.17, 15) is 28.8 Å². The number of rotatable bonds is 44. The molecule has 1 fully saturated rings. The van der Waals surface area contributed by atoms with Crippen LogP contribution in [-0.4, -0.2) is 110 Å². The van der Waals surface area contributed by atoms with Crippen LogP contribution >= 0.6 is 0 Å². The van der Waals surface area contributed by atoms with Gasteiger partial charge < -0.3 is 29.9 Å². The number of nitrogens with one attached hydrogen (secondary N) is 2. The topological polar surface area (TPSA) is 151 Å². The zero-order chi connectivity index (χ0) is 45.5. The van der Waals surface area contributed by atoms with E-state index in [0.29, 0.717) is 91.0 Å². The van der Waals surface area contributed by atoms with Gasteiger partial charge in [0.1, 0.15) is 23.7 Å². The summed E-state index contributed by atoms with van der Waals surface area (Å²) >= 11 is 0. The van der Waals surface area contributed by atoms with Crippen LogP contribution in [0.25, 0.3) is 0 Å². The van der Waals surface area contributed by atoms with E-state index in [-0.39, 0.29) is 48.2 Å². The fraction of sp³-hybridized carbons (Fsp3) is 0.880. The molecule has 2 unspecified atom stereocenters. The molecule has 0 aromatic carbocycles. The van der Waals surface area contributed by atoms with Crippen LogP contribution in [-0.2, 0) is 38.2 Å². The summed E-state index contributed by atoms with van der Waals surface area (Å²) in [5.74, 6) is -0.553. The molecular weight excluding hydrogens is 785 g/mol. The minimum atomic E-state index is -0.586. The second-order valence-electron chi connectivity index (χ2n) is 18.0. The Hall–Kier alpha value is -2.86. The Labute approximate surface area is 377 Å². The number of nitrogens with zero attached hydrogens (tertiary/aromatic N) is 2. The van der Waals surface area contributed by atoms with E-state index >= 15 is 0 Å². The van der Waals surface area contributed by atoms with Crippen LogP contribution in [0.1, 0.15) is 220 Å². The fourth-order valence-corrected chi connectivity index (χ4v) is 7.95. The zero-order valence-electron chi connectivity index (χ0n) is 40.2. The van der Waals surface area contributed by atoms with Crippen LogP contribution in [0.2, 0.25) is 0 Å². The van der Waals surface area contributed by atoms with Gasteiger partial charge in [0.2, 0.25) is 11.8 Å². The Balaban J connectivity index is 2.30. The van der Waals surface area contributed by atoms with Crippen molar-refractivity contribution < 1.29 is 38.2 Å². The Morgan fingerprint density at radius 3 is 1.05 bits per heavy atom. The van der Waals surface area contributed by atoms with Crippen molar-refractivity contribution in [3.63, 3.8) is 0 Å². The summed E-state index contributed by atoms with van der Waals surface area (Å²) in [6, 6.07) is -1.17. The van der Waals surface area contributed by atoms with Crippen LogP contribution in [0.4, 0.5) is 0 Å². The molecule has 0 aliphatic carbocycles. The van der Waals surface area contributed by atoms with Crippen molar-refractivity contribution in [2.24, 2.45) is 0 Å². The van der Waals surface area contributed by atoms with Gasteiger partial charge in [0, 0.05) is 39.0 Å². The second kappa shape index (κ2) is 39.7. The number of carbonyl (C=O) groups is 6. The molecule has 2 amide bonds. The summed E-state index contributed by atoms with van der Waals surface area (Å²) in [5.41, 5.74) is 0. The molecule has 0 radical (unpaired) electrons. The van der Waals surface area contributed by atoms with E-state index in [0.717, 1.165) is 38.5 Å². The minimum absolute atomic E-state index is 0.104. The van der Waals surface area contributed by atoms with E-state index < -0.39 is 12.1 Å². The van der Waals surface area contributed by atoms with Crippen LogP contribution in [0.5, 0.6) is 0 Å². The quantitative estimate of drug-likeness (QED) is 0.0447. The number of piperazine rings is 1. The van der Waals surface area contributed by atoms with Crippen molar-refractivity contribution in [1.82, 2.24) is 20.4 Å². The highest BCUT2D eigenvalue weighted by molar-refractivity contribution is 5.96. The maximum atomic E-state index is 13.0. The second-order valence-corrected chi connectivity index (χ2v) is 18.0. The van der Waals surface area contributed by atoms with Gasteiger partial charge in [0.25, 0.3) is 0 Å². The molecule has 12 nitrogen and oxygen atoms in total. The van der Waals surface area contributed by atoms with Crippen molar-refractivity contribution in [3.05, 3.63) is 0 Å². The van der Waals surface area contributed by atoms with E-state index in [1.165, 1.54) is 103 Å². The van der Waals surface area contributed by atoms with E-state index in [1.54, 1.807) is 13.8 Å². The first-order valence-corrected chi connectivity index (χ1v) is 25.4. The summed E-state index contributed by atoms with van der Waals surface area (Å²) in [5, 5.41) is 5.84. The minimum Gasteiger partial charge on any atom is -0.466 e. The molecule has 1 rings (SSSR count). The highest BCUT2D eigenvalue weighted by Gasteiger charge is 2.32. The molecule has 1 heterocycles. The van der Waals surface area contributed by atoms with Crippen molar-refractivity contribution in [2.45, 2.75) is 232 Å². The third-order valence-corrected chi connectivity index (χ3v) is 12.0. The van der Waals surface area contributed by atoms with Crippen LogP contribution in [0.3, 0.4) is 0 Å². The largest absolute Gasteiger partial charge is 0.466 e. The van der Waals surface area contributed by atoms with Gasteiger partial charge in [-0.1, -0.05) is 129 Å². The number of amides is 2. The van der Waals surface area contributed by atoms with Crippen LogP contribution < -0.4 is 10.6 Å². The molecule has 0 spiro atoms.